The molecular formula is C12H15ClNO2. The molecule has 1 heterocycles. The topological polar surface area (TPSA) is 40.4 Å². The van der Waals surface area contributed by atoms with Crippen molar-refractivity contribution in [3.8, 4) is 0 Å². The number of alkyl halides is 1. The second-order valence-electron chi connectivity index (χ2n) is 4.04. The van der Waals surface area contributed by atoms with Crippen LogP contribution in [0.1, 0.15) is 12.8 Å². The van der Waals surface area contributed by atoms with Crippen molar-refractivity contribution in [3.05, 3.63) is 24.0 Å². The molecule has 0 aromatic carbocycles. The molecule has 1 fully saturated rings. The number of nitrogens with zero attached hydrogens (tertiary/aromatic N) is 1. The molecule has 2 atom stereocenters. The largest absolute Gasteiger partial charge is 0.494 e. The van der Waals surface area contributed by atoms with E-state index < -0.39 is 0 Å². The van der Waals surface area contributed by atoms with Gasteiger partial charge in [0.2, 0.25) is 5.91 Å². The average Bonchev–Trinajstić information content (AvgIpc) is 2.67. The minimum absolute atomic E-state index is 0.0174. The molecule has 1 aliphatic heterocycles. The van der Waals surface area contributed by atoms with Crippen LogP contribution in [0.2, 0.25) is 0 Å². The Morgan fingerprint density at radius 1 is 1.50 bits per heavy atom. The summed E-state index contributed by atoms with van der Waals surface area (Å²) in [6.07, 6.45) is 7.76. The van der Waals surface area contributed by atoms with Crippen molar-refractivity contribution < 1.29 is 9.53 Å². The molecule has 1 aliphatic carbocycles. The third-order valence-electron chi connectivity index (χ3n) is 2.85. The molecule has 87 valence electrons. The highest BCUT2D eigenvalue weighted by atomic mass is 35.5. The van der Waals surface area contributed by atoms with Crippen molar-refractivity contribution in [3.63, 3.8) is 0 Å². The minimum atomic E-state index is -0.0898. The summed E-state index contributed by atoms with van der Waals surface area (Å²) in [7, 11) is 0. The molecule has 16 heavy (non-hydrogen) atoms. The number of carbonyl (C=O) groups is 1. The number of carbonyl (C=O) groups excluding carboxylic acids is 1. The zero-order valence-corrected chi connectivity index (χ0v) is 9.82. The molecule has 2 unspecified atom stereocenters. The summed E-state index contributed by atoms with van der Waals surface area (Å²) < 4.78 is 5.56. The van der Waals surface area contributed by atoms with Crippen LogP contribution in [0.25, 0.3) is 0 Å². The van der Waals surface area contributed by atoms with Gasteiger partial charge in [-0.1, -0.05) is 6.08 Å². The summed E-state index contributed by atoms with van der Waals surface area (Å²) in [5.74, 6) is 1.61. The lowest BCUT2D eigenvalue weighted by atomic mass is 9.91. The maximum absolute atomic E-state index is 11.4. The predicted molar refractivity (Wildman–Crippen MR) is 62.1 cm³/mol. The molecule has 0 N–H and O–H groups in total. The van der Waals surface area contributed by atoms with Gasteiger partial charge in [0.15, 0.2) is 0 Å². The number of unbranched alkanes of at least 4 members (excludes halogenated alkanes) is 1. The molecule has 0 aromatic heterocycles. The van der Waals surface area contributed by atoms with Gasteiger partial charge >= 0.3 is 0 Å². The van der Waals surface area contributed by atoms with Crippen molar-refractivity contribution in [1.29, 1.82) is 0 Å². The van der Waals surface area contributed by atoms with Crippen LogP contribution in [0.15, 0.2) is 24.0 Å². The van der Waals surface area contributed by atoms with Gasteiger partial charge in [0.25, 0.3) is 0 Å². The van der Waals surface area contributed by atoms with E-state index in [-0.39, 0.29) is 17.7 Å². The lowest BCUT2D eigenvalue weighted by molar-refractivity contribution is -0.121. The highest BCUT2D eigenvalue weighted by Crippen LogP contribution is 2.28. The van der Waals surface area contributed by atoms with Crippen LogP contribution in [0.3, 0.4) is 0 Å². The normalized spacial score (nSPS) is 27.3. The van der Waals surface area contributed by atoms with Crippen LogP contribution in [0, 0.1) is 11.8 Å². The zero-order chi connectivity index (χ0) is 11.4. The van der Waals surface area contributed by atoms with Crippen LogP contribution in [0.5, 0.6) is 0 Å². The summed E-state index contributed by atoms with van der Waals surface area (Å²) in [6, 6.07) is 0. The van der Waals surface area contributed by atoms with Crippen molar-refractivity contribution in [1.82, 2.24) is 5.32 Å². The van der Waals surface area contributed by atoms with Crippen LogP contribution in [-0.2, 0) is 9.53 Å². The molecule has 0 saturated carbocycles. The van der Waals surface area contributed by atoms with Crippen molar-refractivity contribution in [2.24, 2.45) is 11.8 Å². The molecule has 2 rings (SSSR count). The Kier molecular flexibility index (Phi) is 3.88. The Hall–Kier alpha value is -0.960. The van der Waals surface area contributed by atoms with Gasteiger partial charge in [-0.05, 0) is 25.0 Å². The lowest BCUT2D eigenvalue weighted by Gasteiger charge is -2.16. The maximum atomic E-state index is 11.4. The van der Waals surface area contributed by atoms with Gasteiger partial charge in [-0.25, -0.2) is 0 Å². The van der Waals surface area contributed by atoms with E-state index >= 15 is 0 Å². The highest BCUT2D eigenvalue weighted by Gasteiger charge is 2.34. The Bertz CT molecular complexity index is 325. The molecule has 1 amide bonds. The van der Waals surface area contributed by atoms with E-state index in [0.717, 1.165) is 18.6 Å². The maximum Gasteiger partial charge on any atom is 0.248 e. The minimum Gasteiger partial charge on any atom is -0.494 e. The van der Waals surface area contributed by atoms with Crippen molar-refractivity contribution >= 4 is 17.5 Å². The molecule has 2 aliphatic rings. The van der Waals surface area contributed by atoms with Gasteiger partial charge in [0.1, 0.15) is 5.76 Å². The average molecular weight is 241 g/mol. The van der Waals surface area contributed by atoms with Crippen LogP contribution < -0.4 is 5.32 Å². The van der Waals surface area contributed by atoms with E-state index in [1.807, 2.05) is 18.2 Å². The third-order valence-corrected chi connectivity index (χ3v) is 3.12. The molecule has 0 aromatic rings. The van der Waals surface area contributed by atoms with E-state index in [1.54, 1.807) is 0 Å². The summed E-state index contributed by atoms with van der Waals surface area (Å²) in [6.45, 7) is 1.28. The first-order valence-electron chi connectivity index (χ1n) is 5.61. The zero-order valence-electron chi connectivity index (χ0n) is 9.06. The highest BCUT2D eigenvalue weighted by molar-refractivity contribution is 6.17. The van der Waals surface area contributed by atoms with Gasteiger partial charge in [-0.3, -0.25) is 10.1 Å². The van der Waals surface area contributed by atoms with E-state index in [0.29, 0.717) is 19.0 Å². The van der Waals surface area contributed by atoms with E-state index in [1.165, 1.54) is 0 Å². The number of hydrogen-bond acceptors (Lipinski definition) is 2. The molecular weight excluding hydrogens is 226 g/mol. The number of allylic oxidation sites excluding steroid dienone is 1. The second-order valence-corrected chi connectivity index (χ2v) is 4.42. The van der Waals surface area contributed by atoms with Crippen LogP contribution >= 0.6 is 11.6 Å². The Morgan fingerprint density at radius 3 is 3.19 bits per heavy atom. The molecule has 3 nitrogen and oxygen atoms in total. The molecule has 4 heteroatoms. The first-order valence-corrected chi connectivity index (χ1v) is 6.15. The predicted octanol–water partition coefficient (Wildman–Crippen LogP) is 1.85. The number of rotatable bonds is 5. The summed E-state index contributed by atoms with van der Waals surface area (Å²) in [5, 5.41) is 3.92. The van der Waals surface area contributed by atoms with Gasteiger partial charge in [-0.2, -0.15) is 0 Å². The smallest absolute Gasteiger partial charge is 0.248 e. The quantitative estimate of drug-likeness (QED) is 0.544. The summed E-state index contributed by atoms with van der Waals surface area (Å²) in [5.41, 5.74) is 0. The Morgan fingerprint density at radius 2 is 2.38 bits per heavy atom. The number of ether oxygens (including phenoxy) is 1. The summed E-state index contributed by atoms with van der Waals surface area (Å²) in [4.78, 5) is 11.4. The second kappa shape index (κ2) is 5.39. The first kappa shape index (κ1) is 11.5. The SMILES string of the molecule is O=C1[N]CC2C=CC(OCCCCCl)=CC12. The molecule has 1 radical (unpaired) electrons. The lowest BCUT2D eigenvalue weighted by Crippen LogP contribution is -2.16. The third kappa shape index (κ3) is 2.59. The number of hydrogen-bond donors (Lipinski definition) is 0. The molecule has 1 saturated heterocycles. The molecule has 0 bridgehead atoms. The van der Waals surface area contributed by atoms with Gasteiger partial charge in [0.05, 0.1) is 19.1 Å². The number of amides is 1. The summed E-state index contributed by atoms with van der Waals surface area (Å²) >= 11 is 5.57. The van der Waals surface area contributed by atoms with E-state index in [9.17, 15) is 4.79 Å². The van der Waals surface area contributed by atoms with Gasteiger partial charge < -0.3 is 4.74 Å². The first-order chi connectivity index (χ1) is 7.81. The standard InChI is InChI=1S/C12H15ClNO2/c13-5-1-2-6-16-10-4-3-9-8-14-12(15)11(9)7-10/h3-4,7,9,11H,1-2,5-6,8H2. The number of halogens is 1. The van der Waals surface area contributed by atoms with Crippen molar-refractivity contribution in [2.45, 2.75) is 12.8 Å². The fourth-order valence-electron chi connectivity index (χ4n) is 1.91. The molecule has 0 spiro atoms. The van der Waals surface area contributed by atoms with Crippen molar-refractivity contribution in [2.75, 3.05) is 19.0 Å². The Labute approximate surface area is 100 Å². The number of fused-ring (bicyclic) bond motifs is 1. The fraction of sp³-hybridized carbons (Fsp3) is 0.583. The van der Waals surface area contributed by atoms with Gasteiger partial charge in [0, 0.05) is 11.8 Å². The Balaban J connectivity index is 1.84. The van der Waals surface area contributed by atoms with Crippen LogP contribution in [-0.4, -0.2) is 24.9 Å². The monoisotopic (exact) mass is 240 g/mol. The van der Waals surface area contributed by atoms with Gasteiger partial charge in [-0.15, -0.1) is 11.6 Å². The van der Waals surface area contributed by atoms with E-state index in [4.69, 9.17) is 16.3 Å². The van der Waals surface area contributed by atoms with Crippen LogP contribution in [0.4, 0.5) is 0 Å². The fourth-order valence-corrected chi connectivity index (χ4v) is 2.10. The van der Waals surface area contributed by atoms with E-state index in [2.05, 4.69) is 5.32 Å².